The van der Waals surface area contributed by atoms with Crippen LogP contribution in [0.2, 0.25) is 0 Å². The number of aryl methyl sites for hydroxylation is 1. The van der Waals surface area contributed by atoms with Gasteiger partial charge in [0.1, 0.15) is 0 Å². The van der Waals surface area contributed by atoms with E-state index in [1.54, 1.807) is 0 Å². The summed E-state index contributed by atoms with van der Waals surface area (Å²) in [4.78, 5) is 19.1. The van der Waals surface area contributed by atoms with Gasteiger partial charge < -0.3 is 9.47 Å². The molecule has 6 heteroatoms. The van der Waals surface area contributed by atoms with Crippen molar-refractivity contribution in [2.24, 2.45) is 0 Å². The predicted molar refractivity (Wildman–Crippen MR) is 91.1 cm³/mol. The van der Waals surface area contributed by atoms with Crippen LogP contribution in [-0.2, 0) is 11.3 Å². The van der Waals surface area contributed by atoms with E-state index in [1.807, 2.05) is 36.1 Å². The third-order valence-electron chi connectivity index (χ3n) is 4.11. The molecule has 1 aromatic carbocycles. The fraction of sp³-hybridized carbons (Fsp3) is 0.471. The molecule has 0 bridgehead atoms. The van der Waals surface area contributed by atoms with Gasteiger partial charge in [0, 0.05) is 19.6 Å². The van der Waals surface area contributed by atoms with E-state index < -0.39 is 0 Å². The van der Waals surface area contributed by atoms with Crippen LogP contribution in [0.25, 0.3) is 11.0 Å². The van der Waals surface area contributed by atoms with Crippen molar-refractivity contribution in [3.8, 4) is 6.07 Å². The van der Waals surface area contributed by atoms with E-state index in [4.69, 9.17) is 5.26 Å². The summed E-state index contributed by atoms with van der Waals surface area (Å²) in [5, 5.41) is 9.55. The lowest BCUT2D eigenvalue weighted by Crippen LogP contribution is -2.34. The summed E-state index contributed by atoms with van der Waals surface area (Å²) >= 11 is 1.49. The molecular weight excluding hydrogens is 308 g/mol. The van der Waals surface area contributed by atoms with Crippen molar-refractivity contribution in [1.82, 2.24) is 14.5 Å². The van der Waals surface area contributed by atoms with Crippen molar-refractivity contribution in [2.45, 2.75) is 43.1 Å². The molecule has 0 radical (unpaired) electrons. The molecular formula is C17H20N4OS. The number of fused-ring (bicyclic) bond motifs is 1. The molecule has 2 heterocycles. The predicted octanol–water partition coefficient (Wildman–Crippen LogP) is 3.05. The van der Waals surface area contributed by atoms with Crippen molar-refractivity contribution in [1.29, 1.82) is 5.26 Å². The molecule has 3 rings (SSSR count). The highest BCUT2D eigenvalue weighted by molar-refractivity contribution is 8.00. The Morgan fingerprint density at radius 1 is 1.39 bits per heavy atom. The van der Waals surface area contributed by atoms with Crippen molar-refractivity contribution >= 4 is 28.7 Å². The smallest absolute Gasteiger partial charge is 0.235 e. The molecule has 1 saturated heterocycles. The number of nitriles is 1. The zero-order valence-electron chi connectivity index (χ0n) is 13.2. The lowest BCUT2D eigenvalue weighted by atomic mass is 10.3. The third kappa shape index (κ3) is 3.35. The molecule has 1 aliphatic heterocycles. The van der Waals surface area contributed by atoms with Gasteiger partial charge in [0.25, 0.3) is 0 Å². The first kappa shape index (κ1) is 15.9. The number of imidazole rings is 1. The van der Waals surface area contributed by atoms with Gasteiger partial charge in [-0.3, -0.25) is 4.79 Å². The Kier molecular flexibility index (Phi) is 4.87. The van der Waals surface area contributed by atoms with Gasteiger partial charge >= 0.3 is 0 Å². The van der Waals surface area contributed by atoms with Crippen LogP contribution in [0.1, 0.15) is 26.2 Å². The number of nitrogens with zero attached hydrogens (tertiary/aromatic N) is 4. The molecule has 0 N–H and O–H groups in total. The maximum atomic E-state index is 12.5. The fourth-order valence-electron chi connectivity index (χ4n) is 2.92. The maximum Gasteiger partial charge on any atom is 0.235 e. The zero-order chi connectivity index (χ0) is 16.2. The Hall–Kier alpha value is -2.00. The molecule has 0 spiro atoms. The van der Waals surface area contributed by atoms with Crippen LogP contribution in [0.4, 0.5) is 0 Å². The second-order valence-corrected chi connectivity index (χ2v) is 7.04. The Labute approximate surface area is 140 Å². The van der Waals surface area contributed by atoms with Gasteiger partial charge in [0.05, 0.1) is 28.8 Å². The number of carbonyl (C=O) groups excluding carboxylic acids is 1. The first-order valence-electron chi connectivity index (χ1n) is 7.98. The standard InChI is InChI=1S/C17H20N4OS/c1-13(16(22)20-10-4-5-11-20)23-17-19-14-7-2-3-8-15(14)21(17)12-6-9-18/h2-3,7-8,13H,4-6,10-12H2,1H3. The van der Waals surface area contributed by atoms with Gasteiger partial charge in [-0.15, -0.1) is 0 Å². The molecule has 1 amide bonds. The Morgan fingerprint density at radius 2 is 2.13 bits per heavy atom. The minimum absolute atomic E-state index is 0.161. The van der Waals surface area contributed by atoms with E-state index in [0.29, 0.717) is 13.0 Å². The summed E-state index contributed by atoms with van der Waals surface area (Å²) in [6, 6.07) is 10.1. The minimum atomic E-state index is -0.161. The molecule has 1 aromatic heterocycles. The molecule has 1 fully saturated rings. The van der Waals surface area contributed by atoms with Crippen molar-refractivity contribution in [2.75, 3.05) is 13.1 Å². The first-order valence-corrected chi connectivity index (χ1v) is 8.86. The van der Waals surface area contributed by atoms with Crippen LogP contribution in [0.15, 0.2) is 29.4 Å². The Balaban J connectivity index is 1.83. The average Bonchev–Trinajstić information content (AvgIpc) is 3.20. The number of hydrogen-bond acceptors (Lipinski definition) is 4. The average molecular weight is 328 g/mol. The number of aromatic nitrogens is 2. The lowest BCUT2D eigenvalue weighted by molar-refractivity contribution is -0.129. The van der Waals surface area contributed by atoms with E-state index >= 15 is 0 Å². The van der Waals surface area contributed by atoms with Gasteiger partial charge in [-0.25, -0.2) is 4.98 Å². The van der Waals surface area contributed by atoms with E-state index in [0.717, 1.165) is 42.1 Å². The SMILES string of the molecule is CC(Sc1nc2ccccc2n1CCC#N)C(=O)N1CCCC1. The monoisotopic (exact) mass is 328 g/mol. The lowest BCUT2D eigenvalue weighted by Gasteiger charge is -2.19. The van der Waals surface area contributed by atoms with Gasteiger partial charge in [0.15, 0.2) is 5.16 Å². The molecule has 1 aliphatic rings. The molecule has 120 valence electrons. The quantitative estimate of drug-likeness (QED) is 0.792. The summed E-state index contributed by atoms with van der Waals surface area (Å²) in [6.07, 6.45) is 2.63. The van der Waals surface area contributed by atoms with Gasteiger partial charge in [-0.05, 0) is 31.9 Å². The number of amides is 1. The number of rotatable bonds is 5. The van der Waals surface area contributed by atoms with E-state index in [2.05, 4.69) is 15.6 Å². The summed E-state index contributed by atoms with van der Waals surface area (Å²) in [5.74, 6) is 0.186. The normalized spacial score (nSPS) is 15.7. The second kappa shape index (κ2) is 7.05. The summed E-state index contributed by atoms with van der Waals surface area (Å²) < 4.78 is 2.05. The number of thioether (sulfide) groups is 1. The summed E-state index contributed by atoms with van der Waals surface area (Å²) in [5.41, 5.74) is 1.93. The van der Waals surface area contributed by atoms with Crippen LogP contribution < -0.4 is 0 Å². The number of likely N-dealkylation sites (tertiary alicyclic amines) is 1. The van der Waals surface area contributed by atoms with Crippen molar-refractivity contribution in [3.63, 3.8) is 0 Å². The fourth-order valence-corrected chi connectivity index (χ4v) is 3.96. The topological polar surface area (TPSA) is 61.9 Å². The number of para-hydroxylation sites is 2. The summed E-state index contributed by atoms with van der Waals surface area (Å²) in [7, 11) is 0. The first-order chi connectivity index (χ1) is 11.2. The molecule has 1 atom stereocenters. The largest absolute Gasteiger partial charge is 0.342 e. The highest BCUT2D eigenvalue weighted by atomic mass is 32.2. The number of hydrogen-bond donors (Lipinski definition) is 0. The van der Waals surface area contributed by atoms with Crippen LogP contribution in [-0.4, -0.2) is 38.7 Å². The summed E-state index contributed by atoms with van der Waals surface area (Å²) in [6.45, 7) is 4.28. The van der Waals surface area contributed by atoms with E-state index in [-0.39, 0.29) is 11.2 Å². The third-order valence-corrected chi connectivity index (χ3v) is 5.19. The van der Waals surface area contributed by atoms with Crippen LogP contribution in [0.5, 0.6) is 0 Å². The van der Waals surface area contributed by atoms with Gasteiger partial charge in [-0.2, -0.15) is 5.26 Å². The molecule has 2 aromatic rings. The van der Waals surface area contributed by atoms with Crippen LogP contribution in [0, 0.1) is 11.3 Å². The molecule has 0 aliphatic carbocycles. The van der Waals surface area contributed by atoms with Gasteiger partial charge in [-0.1, -0.05) is 23.9 Å². The highest BCUT2D eigenvalue weighted by Gasteiger charge is 2.25. The second-order valence-electron chi connectivity index (χ2n) is 5.74. The van der Waals surface area contributed by atoms with E-state index in [1.165, 1.54) is 11.8 Å². The zero-order valence-corrected chi connectivity index (χ0v) is 14.1. The van der Waals surface area contributed by atoms with E-state index in [9.17, 15) is 4.79 Å². The van der Waals surface area contributed by atoms with Crippen molar-refractivity contribution < 1.29 is 4.79 Å². The highest BCUT2D eigenvalue weighted by Crippen LogP contribution is 2.29. The molecule has 0 saturated carbocycles. The maximum absolute atomic E-state index is 12.5. The molecule has 1 unspecified atom stereocenters. The number of benzene rings is 1. The Bertz CT molecular complexity index is 743. The van der Waals surface area contributed by atoms with Crippen molar-refractivity contribution in [3.05, 3.63) is 24.3 Å². The number of carbonyl (C=O) groups is 1. The minimum Gasteiger partial charge on any atom is -0.342 e. The molecule has 5 nitrogen and oxygen atoms in total. The van der Waals surface area contributed by atoms with Gasteiger partial charge in [0.2, 0.25) is 5.91 Å². The molecule has 23 heavy (non-hydrogen) atoms. The van der Waals surface area contributed by atoms with Crippen LogP contribution in [0.3, 0.4) is 0 Å². The van der Waals surface area contributed by atoms with Crippen LogP contribution >= 0.6 is 11.8 Å². The Morgan fingerprint density at radius 3 is 2.87 bits per heavy atom.